The first-order chi connectivity index (χ1) is 20.9. The zero-order valence-corrected chi connectivity index (χ0v) is 29.7. The molecule has 45 heavy (non-hydrogen) atoms. The fraction of sp³-hybridized carbons (Fsp3) is 0.351. The summed E-state index contributed by atoms with van der Waals surface area (Å²) in [6.45, 7) is 14.1. The quantitative estimate of drug-likeness (QED) is 0.152. The third kappa shape index (κ3) is 11.4. The molecule has 2 atom stereocenters. The van der Waals surface area contributed by atoms with Crippen LogP contribution in [0.1, 0.15) is 54.9 Å². The SMILES string of the molecule is CCC(C(O)C(C)(C)C)C(O)C(C)(C)C.O[PH](O)(c1ccccc1)c1ccccc1.O[PH](O)(c1ccccc1)c1ccccc1. The van der Waals surface area contributed by atoms with Crippen molar-refractivity contribution < 1.29 is 29.8 Å². The van der Waals surface area contributed by atoms with E-state index in [9.17, 15) is 29.8 Å². The fourth-order valence-corrected chi connectivity index (χ4v) is 8.21. The Balaban J connectivity index is 0.000000235. The Labute approximate surface area is 271 Å². The van der Waals surface area contributed by atoms with Crippen LogP contribution in [0.3, 0.4) is 0 Å². The summed E-state index contributed by atoms with van der Waals surface area (Å²) >= 11 is 0. The number of hydrogen-bond acceptors (Lipinski definition) is 6. The van der Waals surface area contributed by atoms with Crippen molar-refractivity contribution in [3.63, 3.8) is 0 Å². The second kappa shape index (κ2) is 16.9. The van der Waals surface area contributed by atoms with Gasteiger partial charge in [-0.25, -0.2) is 0 Å². The van der Waals surface area contributed by atoms with Gasteiger partial charge in [-0.3, -0.25) is 0 Å². The van der Waals surface area contributed by atoms with Crippen molar-refractivity contribution in [2.75, 3.05) is 0 Å². The molecule has 0 spiro atoms. The minimum absolute atomic E-state index is 0.0509. The fourth-order valence-electron chi connectivity index (χ4n) is 4.92. The molecule has 248 valence electrons. The topological polar surface area (TPSA) is 121 Å². The Morgan fingerprint density at radius 1 is 0.444 bits per heavy atom. The molecule has 0 aliphatic rings. The molecule has 6 N–H and O–H groups in total. The van der Waals surface area contributed by atoms with Crippen LogP contribution < -0.4 is 21.2 Å². The Morgan fingerprint density at radius 2 is 0.644 bits per heavy atom. The van der Waals surface area contributed by atoms with Crippen LogP contribution in [-0.4, -0.2) is 42.0 Å². The van der Waals surface area contributed by atoms with Crippen molar-refractivity contribution in [2.45, 2.75) is 67.1 Å². The third-order valence-electron chi connectivity index (χ3n) is 7.76. The monoisotopic (exact) mass is 656 g/mol. The summed E-state index contributed by atoms with van der Waals surface area (Å²) in [6, 6.07) is 35.9. The molecule has 0 saturated heterocycles. The molecule has 4 aromatic carbocycles. The number of benzene rings is 4. The van der Waals surface area contributed by atoms with Crippen LogP contribution in [0, 0.1) is 16.7 Å². The van der Waals surface area contributed by atoms with Crippen LogP contribution in [-0.2, 0) is 0 Å². The Bertz CT molecular complexity index is 1180. The van der Waals surface area contributed by atoms with Gasteiger partial charge in [0.25, 0.3) is 0 Å². The van der Waals surface area contributed by atoms with Crippen molar-refractivity contribution in [2.24, 2.45) is 16.7 Å². The van der Waals surface area contributed by atoms with Crippen molar-refractivity contribution in [3.05, 3.63) is 121 Å². The second-order valence-electron chi connectivity index (χ2n) is 13.5. The summed E-state index contributed by atoms with van der Waals surface area (Å²) < 4.78 is 0. The average Bonchev–Trinajstić information content (AvgIpc) is 3.03. The van der Waals surface area contributed by atoms with Gasteiger partial charge in [0.15, 0.2) is 0 Å². The van der Waals surface area contributed by atoms with Gasteiger partial charge in [-0.1, -0.05) is 48.5 Å². The van der Waals surface area contributed by atoms with Gasteiger partial charge >= 0.3 is 178 Å². The van der Waals surface area contributed by atoms with Gasteiger partial charge in [-0.05, 0) is 17.3 Å². The number of rotatable bonds is 7. The van der Waals surface area contributed by atoms with Crippen LogP contribution >= 0.6 is 15.4 Å². The average molecular weight is 657 g/mol. The van der Waals surface area contributed by atoms with Crippen LogP contribution in [0.2, 0.25) is 0 Å². The van der Waals surface area contributed by atoms with Crippen LogP contribution in [0.5, 0.6) is 0 Å². The van der Waals surface area contributed by atoms with Crippen molar-refractivity contribution in [1.82, 2.24) is 0 Å². The summed E-state index contributed by atoms with van der Waals surface area (Å²) in [5, 5.41) is 22.9. The van der Waals surface area contributed by atoms with Gasteiger partial charge in [0.1, 0.15) is 0 Å². The predicted molar refractivity (Wildman–Crippen MR) is 195 cm³/mol. The molecule has 8 heteroatoms. The predicted octanol–water partition coefficient (Wildman–Crippen LogP) is 5.23. The van der Waals surface area contributed by atoms with E-state index in [0.29, 0.717) is 21.2 Å². The Hall–Kier alpha value is -2.50. The molecule has 4 rings (SSSR count). The molecule has 0 aromatic heterocycles. The molecule has 0 bridgehead atoms. The van der Waals surface area contributed by atoms with Crippen molar-refractivity contribution >= 4 is 36.7 Å². The molecule has 2 unspecified atom stereocenters. The maximum absolute atomic E-state index is 10.2. The summed E-state index contributed by atoms with van der Waals surface area (Å²) in [5.74, 6) is -0.0509. The zero-order chi connectivity index (χ0) is 33.9. The van der Waals surface area contributed by atoms with E-state index >= 15 is 0 Å². The standard InChI is InChI=1S/C13H28O2.2C12H13O2P/c1-8-9(10(14)12(2,3)4)11(15)13(5,6)7;2*13-15(14,11-7-3-1-4-8-11)12-9-5-2-6-10-12/h9-11,14-15H,8H2,1-7H3;2*1-10,13-15H. The third-order valence-corrected chi connectivity index (χ3v) is 12.3. The molecule has 0 heterocycles. The van der Waals surface area contributed by atoms with Gasteiger partial charge in [0.2, 0.25) is 0 Å². The molecular weight excluding hydrogens is 602 g/mol. The number of aliphatic hydroxyl groups is 2. The summed E-state index contributed by atoms with van der Waals surface area (Å²) in [7, 11) is -6.91. The number of aliphatic hydroxyl groups excluding tert-OH is 2. The Kier molecular flexibility index (Phi) is 14.5. The van der Waals surface area contributed by atoms with Crippen LogP contribution in [0.25, 0.3) is 0 Å². The molecule has 4 aromatic rings. The van der Waals surface area contributed by atoms with Crippen molar-refractivity contribution in [1.29, 1.82) is 0 Å². The zero-order valence-electron chi connectivity index (χ0n) is 27.7. The van der Waals surface area contributed by atoms with Crippen LogP contribution in [0.4, 0.5) is 0 Å². The van der Waals surface area contributed by atoms with E-state index in [0.717, 1.165) is 6.42 Å². The normalized spacial score (nSPS) is 14.9. The van der Waals surface area contributed by atoms with E-state index in [2.05, 4.69) is 0 Å². The maximum atomic E-state index is 10.2. The molecule has 0 fully saturated rings. The van der Waals surface area contributed by atoms with Gasteiger partial charge in [-0.2, -0.15) is 0 Å². The first-order valence-corrected chi connectivity index (χ1v) is 19.2. The molecule has 6 nitrogen and oxygen atoms in total. The van der Waals surface area contributed by atoms with E-state index in [1.54, 1.807) is 48.5 Å². The second-order valence-corrected chi connectivity index (χ2v) is 18.5. The molecule has 0 radical (unpaired) electrons. The minimum atomic E-state index is -3.46. The first-order valence-electron chi connectivity index (χ1n) is 15.4. The summed E-state index contributed by atoms with van der Waals surface area (Å²) in [6.07, 6.45) is -0.120. The Morgan fingerprint density at radius 3 is 0.800 bits per heavy atom. The summed E-state index contributed by atoms with van der Waals surface area (Å²) in [5.41, 5.74) is -0.347. The van der Waals surface area contributed by atoms with Crippen molar-refractivity contribution in [3.8, 4) is 0 Å². The first kappa shape index (κ1) is 38.7. The van der Waals surface area contributed by atoms with E-state index in [-0.39, 0.29) is 16.7 Å². The van der Waals surface area contributed by atoms with E-state index in [1.165, 1.54) is 0 Å². The molecule has 0 amide bonds. The molecule has 0 aliphatic heterocycles. The van der Waals surface area contributed by atoms with Gasteiger partial charge in [-0.15, -0.1) is 0 Å². The van der Waals surface area contributed by atoms with E-state index in [4.69, 9.17) is 0 Å². The van der Waals surface area contributed by atoms with E-state index in [1.807, 2.05) is 121 Å². The molecular formula is C37H54O6P2. The summed E-state index contributed by atoms with van der Waals surface area (Å²) in [4.78, 5) is 40.6. The molecule has 0 aliphatic carbocycles. The molecule has 0 saturated carbocycles. The number of hydrogen-bond donors (Lipinski definition) is 6. The van der Waals surface area contributed by atoms with Gasteiger partial charge in [0.05, 0.1) is 12.2 Å². The van der Waals surface area contributed by atoms with E-state index < -0.39 is 27.6 Å². The van der Waals surface area contributed by atoms with Gasteiger partial charge in [0, 0.05) is 5.92 Å². The van der Waals surface area contributed by atoms with Gasteiger partial charge < -0.3 is 10.2 Å². The van der Waals surface area contributed by atoms with Crippen LogP contribution in [0.15, 0.2) is 121 Å².